The largest absolute Gasteiger partial charge is 0.412 e. The second-order valence-corrected chi connectivity index (χ2v) is 3.40. The van der Waals surface area contributed by atoms with E-state index in [4.69, 9.17) is 5.73 Å². The van der Waals surface area contributed by atoms with Gasteiger partial charge in [-0.15, -0.1) is 4.68 Å². The standard InChI is InChI=1S/C11H13N5/c12-8-9-3-1-4-10(7-9)15-11(13)16-6-2-5-14-16/h1-7H,8,12H2,(H2,13,15)/p+2. The van der Waals surface area contributed by atoms with Gasteiger partial charge in [0.25, 0.3) is 0 Å². The molecule has 2 rings (SSSR count). The summed E-state index contributed by atoms with van der Waals surface area (Å²) in [5, 5.41) is 2.93. The zero-order valence-electron chi connectivity index (χ0n) is 8.93. The van der Waals surface area contributed by atoms with E-state index in [0.29, 0.717) is 5.96 Å². The molecule has 0 unspecified atom stereocenters. The molecule has 5 nitrogen and oxygen atoms in total. The fraction of sp³-hybridized carbons (Fsp3) is 0.0909. The zero-order valence-corrected chi connectivity index (χ0v) is 8.93. The molecule has 5 heteroatoms. The quantitative estimate of drug-likeness (QED) is 0.355. The number of rotatable bonds is 2. The van der Waals surface area contributed by atoms with Crippen LogP contribution in [0.25, 0.3) is 0 Å². The number of quaternary nitrogens is 1. The zero-order chi connectivity index (χ0) is 11.4. The molecule has 0 radical (unpaired) electrons. The molecule has 0 spiro atoms. The van der Waals surface area contributed by atoms with Crippen LogP contribution in [-0.4, -0.2) is 11.1 Å². The van der Waals surface area contributed by atoms with Crippen molar-refractivity contribution in [3.63, 3.8) is 0 Å². The number of nitrogens with one attached hydrogen (secondary N) is 1. The second-order valence-electron chi connectivity index (χ2n) is 3.40. The summed E-state index contributed by atoms with van der Waals surface area (Å²) < 4.78 is 1.65. The van der Waals surface area contributed by atoms with E-state index in [1.807, 2.05) is 36.5 Å². The Balaban J connectivity index is 2.28. The molecular weight excluding hydrogens is 202 g/mol. The molecule has 1 heterocycles. The van der Waals surface area contributed by atoms with E-state index in [-0.39, 0.29) is 0 Å². The van der Waals surface area contributed by atoms with Gasteiger partial charge in [0.1, 0.15) is 5.69 Å². The average Bonchev–Trinajstić information content (AvgIpc) is 2.83. The number of benzene rings is 1. The summed E-state index contributed by atoms with van der Waals surface area (Å²) in [5.74, 6) is 0.409. The predicted molar refractivity (Wildman–Crippen MR) is 60.7 cm³/mol. The van der Waals surface area contributed by atoms with Gasteiger partial charge in [0, 0.05) is 11.8 Å². The Kier molecular flexibility index (Phi) is 2.98. The van der Waals surface area contributed by atoms with Gasteiger partial charge in [-0.1, -0.05) is 17.1 Å². The number of aliphatic imine (C=N–C) groups is 1. The van der Waals surface area contributed by atoms with Crippen molar-refractivity contribution in [3.05, 3.63) is 48.3 Å². The van der Waals surface area contributed by atoms with Crippen LogP contribution in [0.3, 0.4) is 0 Å². The average molecular weight is 217 g/mol. The lowest BCUT2D eigenvalue weighted by molar-refractivity contribution is -0.619. The highest BCUT2D eigenvalue weighted by Gasteiger charge is 2.06. The smallest absolute Gasteiger partial charge is 0.354 e. The molecule has 0 fully saturated rings. The van der Waals surface area contributed by atoms with Gasteiger partial charge in [-0.05, 0) is 18.2 Å². The van der Waals surface area contributed by atoms with Crippen LogP contribution in [0.4, 0.5) is 5.69 Å². The first-order valence-electron chi connectivity index (χ1n) is 5.07. The van der Waals surface area contributed by atoms with E-state index in [2.05, 4.69) is 15.8 Å². The monoisotopic (exact) mass is 217 g/mol. The van der Waals surface area contributed by atoms with Crippen LogP contribution < -0.4 is 16.1 Å². The minimum absolute atomic E-state index is 0.409. The molecule has 0 saturated heterocycles. The highest BCUT2D eigenvalue weighted by Crippen LogP contribution is 2.12. The summed E-state index contributed by atoms with van der Waals surface area (Å²) in [6.45, 7) is 0.749. The predicted octanol–water partition coefficient (Wildman–Crippen LogP) is -0.461. The first-order valence-corrected chi connectivity index (χ1v) is 5.07. The van der Waals surface area contributed by atoms with Crippen molar-refractivity contribution in [2.24, 2.45) is 10.7 Å². The van der Waals surface area contributed by atoms with Gasteiger partial charge in [-0.25, -0.2) is 0 Å². The molecule has 82 valence electrons. The molecule has 16 heavy (non-hydrogen) atoms. The van der Waals surface area contributed by atoms with Crippen LogP contribution in [0.1, 0.15) is 5.56 Å². The van der Waals surface area contributed by atoms with Crippen LogP contribution in [0.2, 0.25) is 0 Å². The number of hydrogen-bond donors (Lipinski definition) is 3. The van der Waals surface area contributed by atoms with Gasteiger partial charge in [-0.3, -0.25) is 10.8 Å². The van der Waals surface area contributed by atoms with E-state index < -0.39 is 0 Å². The molecule has 6 N–H and O–H groups in total. The Morgan fingerprint density at radius 1 is 1.44 bits per heavy atom. The molecule has 0 aliphatic rings. The molecule has 1 aromatic heterocycles. The number of H-pyrrole nitrogens is 1. The summed E-state index contributed by atoms with van der Waals surface area (Å²) >= 11 is 0. The van der Waals surface area contributed by atoms with Crippen LogP contribution in [0.15, 0.2) is 47.7 Å². The van der Waals surface area contributed by atoms with Crippen molar-refractivity contribution in [3.8, 4) is 0 Å². The molecule has 0 bridgehead atoms. The lowest BCUT2D eigenvalue weighted by Gasteiger charge is -1.94. The number of aromatic amines is 1. The topological polar surface area (TPSA) is 85.7 Å². The summed E-state index contributed by atoms with van der Waals surface area (Å²) in [4.78, 5) is 4.31. The van der Waals surface area contributed by atoms with Gasteiger partial charge >= 0.3 is 5.96 Å². The van der Waals surface area contributed by atoms with Crippen molar-refractivity contribution in [1.29, 1.82) is 0 Å². The van der Waals surface area contributed by atoms with E-state index >= 15 is 0 Å². The van der Waals surface area contributed by atoms with E-state index in [1.165, 1.54) is 0 Å². The summed E-state index contributed by atoms with van der Waals surface area (Å²) in [7, 11) is 0. The Labute approximate surface area is 93.4 Å². The number of nitrogens with zero attached hydrogens (tertiary/aromatic N) is 2. The maximum Gasteiger partial charge on any atom is 0.412 e. The highest BCUT2D eigenvalue weighted by molar-refractivity contribution is 5.72. The fourth-order valence-corrected chi connectivity index (χ4v) is 1.41. The van der Waals surface area contributed by atoms with E-state index in [9.17, 15) is 0 Å². The SMILES string of the molecule is NC(=Nc1cccc(C[NH3+])c1)[n+]1ccc[nH]1. The van der Waals surface area contributed by atoms with Gasteiger partial charge in [0.05, 0.1) is 12.7 Å². The van der Waals surface area contributed by atoms with Crippen LogP contribution >= 0.6 is 0 Å². The number of nitrogens with two attached hydrogens (primary N) is 1. The third-order valence-electron chi connectivity index (χ3n) is 2.23. The lowest BCUT2D eigenvalue weighted by atomic mass is 10.2. The summed E-state index contributed by atoms with van der Waals surface area (Å²) in [5.41, 5.74) is 11.6. The third kappa shape index (κ3) is 2.26. The molecule has 0 aliphatic carbocycles. The Morgan fingerprint density at radius 3 is 3.00 bits per heavy atom. The fourth-order valence-electron chi connectivity index (χ4n) is 1.41. The van der Waals surface area contributed by atoms with Gasteiger partial charge in [0.2, 0.25) is 0 Å². The maximum absolute atomic E-state index is 5.83. The molecule has 0 atom stereocenters. The molecule has 1 aromatic carbocycles. The minimum atomic E-state index is 0.409. The molecular formula is C11H15N5+2. The first kappa shape index (κ1) is 10.4. The minimum Gasteiger partial charge on any atom is -0.354 e. The van der Waals surface area contributed by atoms with Crippen molar-refractivity contribution >= 4 is 11.6 Å². The van der Waals surface area contributed by atoms with Crippen molar-refractivity contribution < 1.29 is 10.4 Å². The van der Waals surface area contributed by atoms with Crippen molar-refractivity contribution in [2.45, 2.75) is 6.54 Å². The molecule has 2 aromatic rings. The second kappa shape index (κ2) is 4.59. The number of aromatic nitrogens is 2. The Hall–Kier alpha value is -2.14. The summed E-state index contributed by atoms with van der Waals surface area (Å²) in [6, 6.07) is 9.71. The van der Waals surface area contributed by atoms with E-state index in [0.717, 1.165) is 17.8 Å². The van der Waals surface area contributed by atoms with Gasteiger partial charge < -0.3 is 5.73 Å². The van der Waals surface area contributed by atoms with Crippen molar-refractivity contribution in [1.82, 2.24) is 5.10 Å². The summed E-state index contributed by atoms with van der Waals surface area (Å²) in [6.07, 6.45) is 3.60. The molecule has 0 saturated carbocycles. The van der Waals surface area contributed by atoms with E-state index in [1.54, 1.807) is 10.9 Å². The van der Waals surface area contributed by atoms with Crippen LogP contribution in [-0.2, 0) is 6.54 Å². The Morgan fingerprint density at radius 2 is 2.31 bits per heavy atom. The normalized spacial score (nSPS) is 11.7. The van der Waals surface area contributed by atoms with Crippen LogP contribution in [0.5, 0.6) is 0 Å². The maximum atomic E-state index is 5.83. The Bertz CT molecular complexity index is 487. The number of hydrogen-bond acceptors (Lipinski definition) is 1. The third-order valence-corrected chi connectivity index (χ3v) is 2.23. The molecule has 0 amide bonds. The van der Waals surface area contributed by atoms with Crippen LogP contribution in [0, 0.1) is 0 Å². The lowest BCUT2D eigenvalue weighted by Crippen LogP contribution is -2.49. The molecule has 0 aliphatic heterocycles. The first-order chi connectivity index (χ1) is 7.79. The van der Waals surface area contributed by atoms with Gasteiger partial charge in [0.15, 0.2) is 0 Å². The highest BCUT2D eigenvalue weighted by atomic mass is 15.3. The van der Waals surface area contributed by atoms with Gasteiger partial charge in [-0.2, -0.15) is 0 Å². The van der Waals surface area contributed by atoms with Crippen molar-refractivity contribution in [2.75, 3.05) is 0 Å².